The van der Waals surface area contributed by atoms with Gasteiger partial charge in [-0.05, 0) is 30.2 Å². The van der Waals surface area contributed by atoms with Crippen molar-refractivity contribution in [3.8, 4) is 0 Å². The third-order valence-corrected chi connectivity index (χ3v) is 3.80. The minimum atomic E-state index is -0.102. The fourth-order valence-corrected chi connectivity index (χ4v) is 2.51. The van der Waals surface area contributed by atoms with Gasteiger partial charge in [0.25, 0.3) is 0 Å². The van der Waals surface area contributed by atoms with Crippen molar-refractivity contribution in [1.82, 2.24) is 15.4 Å². The van der Waals surface area contributed by atoms with Crippen LogP contribution in [0.2, 0.25) is 5.02 Å². The minimum Gasteiger partial charge on any atom is -0.271 e. The second kappa shape index (κ2) is 6.18. The van der Waals surface area contributed by atoms with Crippen LogP contribution in [0, 0.1) is 0 Å². The van der Waals surface area contributed by atoms with Crippen molar-refractivity contribution in [2.24, 2.45) is 5.84 Å². The summed E-state index contributed by atoms with van der Waals surface area (Å²) in [7, 11) is 0. The van der Waals surface area contributed by atoms with Crippen molar-refractivity contribution in [3.05, 3.63) is 71.1 Å². The molecule has 1 aromatic carbocycles. The number of halogens is 1. The Kier molecular flexibility index (Phi) is 4.10. The van der Waals surface area contributed by atoms with E-state index in [1.54, 1.807) is 12.4 Å². The summed E-state index contributed by atoms with van der Waals surface area (Å²) < 4.78 is 0. The zero-order chi connectivity index (χ0) is 14.7. The van der Waals surface area contributed by atoms with Gasteiger partial charge in [0.1, 0.15) is 0 Å². The summed E-state index contributed by atoms with van der Waals surface area (Å²) in [6.45, 7) is 0. The summed E-state index contributed by atoms with van der Waals surface area (Å²) in [6.07, 6.45) is 4.02. The molecule has 2 heterocycles. The second-order valence-corrected chi connectivity index (χ2v) is 5.23. The number of nitrogens with zero attached hydrogens (tertiary/aromatic N) is 2. The van der Waals surface area contributed by atoms with Crippen LogP contribution in [-0.2, 0) is 6.42 Å². The topological polar surface area (TPSA) is 63.8 Å². The van der Waals surface area contributed by atoms with E-state index in [0.29, 0.717) is 11.4 Å². The number of hydrogen-bond acceptors (Lipinski definition) is 4. The Labute approximate surface area is 128 Å². The molecule has 106 valence electrons. The Morgan fingerprint density at radius 3 is 2.81 bits per heavy atom. The first-order valence-electron chi connectivity index (χ1n) is 6.68. The van der Waals surface area contributed by atoms with E-state index < -0.39 is 0 Å². The number of aromatic nitrogens is 2. The molecule has 0 radical (unpaired) electrons. The lowest BCUT2D eigenvalue weighted by molar-refractivity contribution is 0.540. The highest BCUT2D eigenvalue weighted by Crippen LogP contribution is 2.23. The van der Waals surface area contributed by atoms with E-state index in [-0.39, 0.29) is 6.04 Å². The Morgan fingerprint density at radius 2 is 2.00 bits per heavy atom. The van der Waals surface area contributed by atoms with Gasteiger partial charge in [-0.25, -0.2) is 0 Å². The summed E-state index contributed by atoms with van der Waals surface area (Å²) >= 11 is 6.16. The van der Waals surface area contributed by atoms with E-state index >= 15 is 0 Å². The molecule has 0 spiro atoms. The molecular formula is C16H15ClN4. The SMILES string of the molecule is NNC(Cc1ccncc1Cl)c1ccc2ccccc2n1. The molecule has 1 unspecified atom stereocenters. The molecular weight excluding hydrogens is 284 g/mol. The molecule has 0 aliphatic rings. The number of hydrogen-bond donors (Lipinski definition) is 2. The fourth-order valence-electron chi connectivity index (χ4n) is 2.31. The third kappa shape index (κ3) is 3.03. The minimum absolute atomic E-state index is 0.102. The van der Waals surface area contributed by atoms with Crippen LogP contribution in [0.3, 0.4) is 0 Å². The van der Waals surface area contributed by atoms with Gasteiger partial charge in [-0.15, -0.1) is 0 Å². The zero-order valence-corrected chi connectivity index (χ0v) is 12.1. The molecule has 0 amide bonds. The number of pyridine rings is 2. The summed E-state index contributed by atoms with van der Waals surface area (Å²) in [6, 6.07) is 13.8. The molecule has 0 saturated heterocycles. The summed E-state index contributed by atoms with van der Waals surface area (Å²) in [4.78, 5) is 8.66. The fraction of sp³-hybridized carbons (Fsp3) is 0.125. The van der Waals surface area contributed by atoms with E-state index in [2.05, 4.69) is 21.5 Å². The van der Waals surface area contributed by atoms with Gasteiger partial charge in [0.2, 0.25) is 0 Å². The Hall–Kier alpha value is -2.01. The van der Waals surface area contributed by atoms with E-state index in [1.807, 2.05) is 36.4 Å². The average Bonchev–Trinajstić information content (AvgIpc) is 2.54. The van der Waals surface area contributed by atoms with Crippen LogP contribution in [0.25, 0.3) is 10.9 Å². The third-order valence-electron chi connectivity index (χ3n) is 3.46. The molecule has 3 rings (SSSR count). The average molecular weight is 299 g/mol. The van der Waals surface area contributed by atoms with Gasteiger partial charge in [-0.1, -0.05) is 35.9 Å². The number of benzene rings is 1. The van der Waals surface area contributed by atoms with Crippen LogP contribution < -0.4 is 11.3 Å². The highest BCUT2D eigenvalue weighted by Gasteiger charge is 2.14. The predicted octanol–water partition coefficient (Wildman–Crippen LogP) is 3.03. The van der Waals surface area contributed by atoms with Crippen LogP contribution in [0.5, 0.6) is 0 Å². The van der Waals surface area contributed by atoms with Gasteiger partial charge in [0, 0.05) is 17.8 Å². The number of nitrogens with two attached hydrogens (primary N) is 1. The quantitative estimate of drug-likeness (QED) is 0.574. The molecule has 4 nitrogen and oxygen atoms in total. The lowest BCUT2D eigenvalue weighted by Crippen LogP contribution is -2.30. The van der Waals surface area contributed by atoms with E-state index in [4.69, 9.17) is 17.4 Å². The molecule has 0 fully saturated rings. The van der Waals surface area contributed by atoms with E-state index in [0.717, 1.165) is 22.2 Å². The Morgan fingerprint density at radius 1 is 1.14 bits per heavy atom. The molecule has 21 heavy (non-hydrogen) atoms. The van der Waals surface area contributed by atoms with Crippen LogP contribution >= 0.6 is 11.6 Å². The highest BCUT2D eigenvalue weighted by atomic mass is 35.5. The maximum atomic E-state index is 6.16. The number of nitrogens with one attached hydrogen (secondary N) is 1. The zero-order valence-electron chi connectivity index (χ0n) is 11.3. The normalized spacial score (nSPS) is 12.5. The lowest BCUT2D eigenvalue weighted by Gasteiger charge is -2.16. The van der Waals surface area contributed by atoms with Crippen LogP contribution in [0.4, 0.5) is 0 Å². The highest BCUT2D eigenvalue weighted by molar-refractivity contribution is 6.31. The first kappa shape index (κ1) is 13.9. The second-order valence-electron chi connectivity index (χ2n) is 4.82. The molecule has 0 aliphatic heterocycles. The molecule has 3 N–H and O–H groups in total. The molecule has 0 bridgehead atoms. The molecule has 1 atom stereocenters. The lowest BCUT2D eigenvalue weighted by atomic mass is 10.0. The summed E-state index contributed by atoms with van der Waals surface area (Å²) in [5, 5.41) is 1.75. The van der Waals surface area contributed by atoms with E-state index in [1.165, 1.54) is 0 Å². The van der Waals surface area contributed by atoms with Crippen molar-refractivity contribution in [3.63, 3.8) is 0 Å². The van der Waals surface area contributed by atoms with Crippen molar-refractivity contribution in [2.75, 3.05) is 0 Å². The van der Waals surface area contributed by atoms with Gasteiger partial charge in [0.15, 0.2) is 0 Å². The van der Waals surface area contributed by atoms with Crippen LogP contribution in [0.1, 0.15) is 17.3 Å². The van der Waals surface area contributed by atoms with Crippen molar-refractivity contribution < 1.29 is 0 Å². The number of fused-ring (bicyclic) bond motifs is 1. The summed E-state index contributed by atoms with van der Waals surface area (Å²) in [5.74, 6) is 5.70. The Bertz CT molecular complexity index is 760. The van der Waals surface area contributed by atoms with Crippen molar-refractivity contribution in [2.45, 2.75) is 12.5 Å². The van der Waals surface area contributed by atoms with E-state index in [9.17, 15) is 0 Å². The van der Waals surface area contributed by atoms with Crippen LogP contribution in [0.15, 0.2) is 54.9 Å². The maximum Gasteiger partial charge on any atom is 0.0706 e. The monoisotopic (exact) mass is 298 g/mol. The van der Waals surface area contributed by atoms with Gasteiger partial charge >= 0.3 is 0 Å². The molecule has 5 heteroatoms. The molecule has 0 saturated carbocycles. The van der Waals surface area contributed by atoms with Crippen LogP contribution in [-0.4, -0.2) is 9.97 Å². The largest absolute Gasteiger partial charge is 0.271 e. The van der Waals surface area contributed by atoms with Crippen molar-refractivity contribution in [1.29, 1.82) is 0 Å². The molecule has 3 aromatic rings. The Balaban J connectivity index is 1.93. The summed E-state index contributed by atoms with van der Waals surface area (Å²) in [5.41, 5.74) is 5.65. The number of hydrazine groups is 1. The van der Waals surface area contributed by atoms with Gasteiger partial charge in [0.05, 0.1) is 22.3 Å². The van der Waals surface area contributed by atoms with Gasteiger partial charge in [-0.3, -0.25) is 21.2 Å². The molecule has 0 aliphatic carbocycles. The molecule has 2 aromatic heterocycles. The first-order chi connectivity index (χ1) is 10.3. The van der Waals surface area contributed by atoms with Gasteiger partial charge in [-0.2, -0.15) is 0 Å². The maximum absolute atomic E-state index is 6.16. The standard InChI is InChI=1S/C16H15ClN4/c17-13-10-19-8-7-12(13)9-16(21-18)15-6-5-11-3-1-2-4-14(11)20-15/h1-8,10,16,21H,9,18H2. The van der Waals surface area contributed by atoms with Gasteiger partial charge < -0.3 is 0 Å². The first-order valence-corrected chi connectivity index (χ1v) is 7.06. The smallest absolute Gasteiger partial charge is 0.0706 e. The number of para-hydroxylation sites is 1. The predicted molar refractivity (Wildman–Crippen MR) is 84.8 cm³/mol. The number of rotatable bonds is 4. The van der Waals surface area contributed by atoms with Crippen molar-refractivity contribution >= 4 is 22.5 Å².